The summed E-state index contributed by atoms with van der Waals surface area (Å²) in [5, 5.41) is 12.4. The minimum Gasteiger partial charge on any atom is -0.479 e. The number of hydrogen-bond acceptors (Lipinski definition) is 2. The Morgan fingerprint density at radius 2 is 2.05 bits per heavy atom. The maximum Gasteiger partial charge on any atom is 0.329 e. The van der Waals surface area contributed by atoms with Crippen molar-refractivity contribution >= 4 is 12.0 Å². The minimum absolute atomic E-state index is 0.150. The quantitative estimate of drug-likeness (QED) is 0.896. The molecule has 2 unspecified atom stereocenters. The highest BCUT2D eigenvalue weighted by molar-refractivity contribution is 5.87. The molecule has 0 aromatic heterocycles. The summed E-state index contributed by atoms with van der Waals surface area (Å²) in [4.78, 5) is 25.5. The number of benzene rings is 1. The predicted octanol–water partition coefficient (Wildman–Crippen LogP) is 2.79. The first-order valence-corrected chi connectivity index (χ1v) is 7.37. The molecule has 1 heterocycles. The number of carboxylic acid groups (broad SMARTS) is 1. The monoisotopic (exact) mass is 290 g/mol. The van der Waals surface area contributed by atoms with Crippen molar-refractivity contribution < 1.29 is 14.7 Å². The fourth-order valence-electron chi connectivity index (χ4n) is 3.00. The Morgan fingerprint density at radius 3 is 2.62 bits per heavy atom. The van der Waals surface area contributed by atoms with Crippen molar-refractivity contribution in [2.45, 2.75) is 44.7 Å². The molecule has 0 bridgehead atoms. The van der Waals surface area contributed by atoms with Gasteiger partial charge in [-0.2, -0.15) is 0 Å². The van der Waals surface area contributed by atoms with Gasteiger partial charge in [0.2, 0.25) is 0 Å². The average Bonchev–Trinajstić information content (AvgIpc) is 2.93. The van der Waals surface area contributed by atoms with Crippen LogP contribution in [0.3, 0.4) is 0 Å². The van der Waals surface area contributed by atoms with Crippen LogP contribution in [0, 0.1) is 0 Å². The van der Waals surface area contributed by atoms with E-state index in [-0.39, 0.29) is 12.1 Å². The van der Waals surface area contributed by atoms with Crippen LogP contribution >= 0.6 is 0 Å². The van der Waals surface area contributed by atoms with Gasteiger partial charge in [0, 0.05) is 6.54 Å². The van der Waals surface area contributed by atoms with E-state index in [9.17, 15) is 14.7 Å². The van der Waals surface area contributed by atoms with Crippen LogP contribution in [0.1, 0.15) is 44.7 Å². The number of carbonyl (C=O) groups is 2. The Labute approximate surface area is 125 Å². The lowest BCUT2D eigenvalue weighted by atomic mass is 9.93. The molecule has 1 aromatic carbocycles. The topological polar surface area (TPSA) is 69.6 Å². The van der Waals surface area contributed by atoms with Gasteiger partial charge in [0.1, 0.15) is 5.54 Å². The standard InChI is InChI=1S/C16H22N2O3/c1-3-16(14(19)20)10-7-11-18(16)15(21)17-12(2)13-8-5-4-6-9-13/h4-6,8-9,12H,3,7,10-11H2,1-2H3,(H,17,21)(H,19,20). The van der Waals surface area contributed by atoms with Crippen LogP contribution < -0.4 is 5.32 Å². The molecule has 1 fully saturated rings. The van der Waals surface area contributed by atoms with E-state index in [1.807, 2.05) is 44.2 Å². The van der Waals surface area contributed by atoms with E-state index >= 15 is 0 Å². The van der Waals surface area contributed by atoms with E-state index < -0.39 is 11.5 Å². The summed E-state index contributed by atoms with van der Waals surface area (Å²) in [5.41, 5.74) is -0.0528. The third-order valence-corrected chi connectivity index (χ3v) is 4.36. The summed E-state index contributed by atoms with van der Waals surface area (Å²) in [7, 11) is 0. The van der Waals surface area contributed by atoms with Crippen molar-refractivity contribution in [3.05, 3.63) is 35.9 Å². The molecule has 1 aliphatic rings. The van der Waals surface area contributed by atoms with E-state index in [4.69, 9.17) is 0 Å². The second kappa shape index (κ2) is 6.16. The molecule has 2 rings (SSSR count). The lowest BCUT2D eigenvalue weighted by Gasteiger charge is -2.34. The van der Waals surface area contributed by atoms with Crippen LogP contribution in [0.15, 0.2) is 30.3 Å². The van der Waals surface area contributed by atoms with Gasteiger partial charge < -0.3 is 15.3 Å². The van der Waals surface area contributed by atoms with E-state index in [0.717, 1.165) is 12.0 Å². The SMILES string of the molecule is CCC1(C(=O)O)CCCN1C(=O)NC(C)c1ccccc1. The van der Waals surface area contributed by atoms with Gasteiger partial charge in [0.25, 0.3) is 0 Å². The molecule has 2 amide bonds. The van der Waals surface area contributed by atoms with Crippen molar-refractivity contribution in [3.63, 3.8) is 0 Å². The maximum absolute atomic E-state index is 12.5. The molecule has 1 saturated heterocycles. The number of carbonyl (C=O) groups excluding carboxylic acids is 1. The molecule has 2 atom stereocenters. The number of urea groups is 1. The molecule has 5 heteroatoms. The lowest BCUT2D eigenvalue weighted by molar-refractivity contribution is -0.148. The molecule has 0 aliphatic carbocycles. The molecular formula is C16H22N2O3. The van der Waals surface area contributed by atoms with Crippen LogP contribution in [-0.4, -0.2) is 34.1 Å². The number of nitrogens with one attached hydrogen (secondary N) is 1. The summed E-state index contributed by atoms with van der Waals surface area (Å²) < 4.78 is 0. The summed E-state index contributed by atoms with van der Waals surface area (Å²) in [6.45, 7) is 4.21. The lowest BCUT2D eigenvalue weighted by Crippen LogP contribution is -2.55. The van der Waals surface area contributed by atoms with Crippen LogP contribution in [0.4, 0.5) is 4.79 Å². The van der Waals surface area contributed by atoms with Gasteiger partial charge >= 0.3 is 12.0 Å². The van der Waals surface area contributed by atoms with Gasteiger partial charge in [0.15, 0.2) is 0 Å². The summed E-state index contributed by atoms with van der Waals surface area (Å²) in [6, 6.07) is 9.20. The number of hydrogen-bond donors (Lipinski definition) is 2. The Kier molecular flexibility index (Phi) is 4.50. The Bertz CT molecular complexity index is 518. The fourth-order valence-corrected chi connectivity index (χ4v) is 3.00. The maximum atomic E-state index is 12.5. The molecule has 0 radical (unpaired) electrons. The normalized spacial score (nSPS) is 22.9. The van der Waals surface area contributed by atoms with E-state index in [0.29, 0.717) is 19.4 Å². The van der Waals surface area contributed by atoms with Gasteiger partial charge in [0.05, 0.1) is 6.04 Å². The highest BCUT2D eigenvalue weighted by Gasteiger charge is 2.48. The minimum atomic E-state index is -1.06. The number of aliphatic carboxylic acids is 1. The first kappa shape index (κ1) is 15.4. The zero-order valence-corrected chi connectivity index (χ0v) is 12.5. The first-order valence-electron chi connectivity index (χ1n) is 7.37. The van der Waals surface area contributed by atoms with Crippen LogP contribution in [0.2, 0.25) is 0 Å². The number of amides is 2. The zero-order valence-electron chi connectivity index (χ0n) is 12.5. The number of carboxylic acids is 1. The average molecular weight is 290 g/mol. The van der Waals surface area contributed by atoms with E-state index in [1.54, 1.807) is 0 Å². The predicted molar refractivity (Wildman–Crippen MR) is 80.0 cm³/mol. The molecule has 21 heavy (non-hydrogen) atoms. The van der Waals surface area contributed by atoms with E-state index in [1.165, 1.54) is 4.90 Å². The number of likely N-dealkylation sites (tertiary alicyclic amines) is 1. The molecule has 114 valence electrons. The Balaban J connectivity index is 2.11. The molecular weight excluding hydrogens is 268 g/mol. The molecule has 0 spiro atoms. The summed E-state index contributed by atoms with van der Waals surface area (Å²) in [5.74, 6) is -0.912. The van der Waals surface area contributed by atoms with E-state index in [2.05, 4.69) is 5.32 Å². The Morgan fingerprint density at radius 1 is 1.38 bits per heavy atom. The third kappa shape index (κ3) is 2.86. The van der Waals surface area contributed by atoms with Gasteiger partial charge in [-0.05, 0) is 31.7 Å². The highest BCUT2D eigenvalue weighted by Crippen LogP contribution is 2.33. The van der Waals surface area contributed by atoms with Crippen molar-refractivity contribution in [2.24, 2.45) is 0 Å². The smallest absolute Gasteiger partial charge is 0.329 e. The van der Waals surface area contributed by atoms with Crippen LogP contribution in [0.5, 0.6) is 0 Å². The van der Waals surface area contributed by atoms with Gasteiger partial charge in [-0.15, -0.1) is 0 Å². The third-order valence-electron chi connectivity index (χ3n) is 4.36. The van der Waals surface area contributed by atoms with Crippen LogP contribution in [0.25, 0.3) is 0 Å². The van der Waals surface area contributed by atoms with Crippen molar-refractivity contribution in [1.82, 2.24) is 10.2 Å². The van der Waals surface area contributed by atoms with Crippen molar-refractivity contribution in [1.29, 1.82) is 0 Å². The highest BCUT2D eigenvalue weighted by atomic mass is 16.4. The number of nitrogens with zero attached hydrogens (tertiary/aromatic N) is 1. The molecule has 1 aromatic rings. The van der Waals surface area contributed by atoms with Crippen molar-refractivity contribution in [2.75, 3.05) is 6.54 Å². The van der Waals surface area contributed by atoms with Gasteiger partial charge in [-0.3, -0.25) is 0 Å². The second-order valence-corrected chi connectivity index (χ2v) is 5.53. The van der Waals surface area contributed by atoms with Crippen molar-refractivity contribution in [3.8, 4) is 0 Å². The summed E-state index contributed by atoms with van der Waals surface area (Å²) in [6.07, 6.45) is 1.68. The Hall–Kier alpha value is -2.04. The fraction of sp³-hybridized carbons (Fsp3) is 0.500. The van der Waals surface area contributed by atoms with Crippen LogP contribution in [-0.2, 0) is 4.79 Å². The zero-order chi connectivity index (χ0) is 15.5. The molecule has 5 nitrogen and oxygen atoms in total. The summed E-state index contributed by atoms with van der Waals surface area (Å²) >= 11 is 0. The van der Waals surface area contributed by atoms with Gasteiger partial charge in [-0.1, -0.05) is 37.3 Å². The molecule has 2 N–H and O–H groups in total. The second-order valence-electron chi connectivity index (χ2n) is 5.53. The molecule has 1 aliphatic heterocycles. The van der Waals surface area contributed by atoms with Gasteiger partial charge in [-0.25, -0.2) is 9.59 Å². The largest absolute Gasteiger partial charge is 0.479 e. The molecule has 0 saturated carbocycles. The number of rotatable bonds is 4. The first-order chi connectivity index (χ1) is 10.0.